The van der Waals surface area contributed by atoms with Crippen LogP contribution in [-0.2, 0) is 0 Å². The van der Waals surface area contributed by atoms with Crippen molar-refractivity contribution in [2.75, 3.05) is 6.54 Å². The van der Waals surface area contributed by atoms with Crippen LogP contribution in [0.15, 0.2) is 30.3 Å². The van der Waals surface area contributed by atoms with Gasteiger partial charge in [0, 0.05) is 22.2 Å². The highest BCUT2D eigenvalue weighted by atomic mass is 35.5. The summed E-state index contributed by atoms with van der Waals surface area (Å²) in [5, 5.41) is 4.38. The molecule has 21 heavy (non-hydrogen) atoms. The van der Waals surface area contributed by atoms with E-state index in [1.165, 1.54) is 6.07 Å². The molecule has 1 atom stereocenters. The molecule has 0 heterocycles. The molecule has 0 saturated heterocycles. The van der Waals surface area contributed by atoms with Gasteiger partial charge in [0.1, 0.15) is 5.82 Å². The first kappa shape index (κ1) is 16.6. The van der Waals surface area contributed by atoms with E-state index in [-0.39, 0.29) is 11.9 Å². The van der Waals surface area contributed by atoms with Gasteiger partial charge in [0.25, 0.3) is 0 Å². The zero-order valence-corrected chi connectivity index (χ0v) is 14.0. The largest absolute Gasteiger partial charge is 0.310 e. The minimum Gasteiger partial charge on any atom is -0.310 e. The molecule has 2 aromatic rings. The van der Waals surface area contributed by atoms with Gasteiger partial charge in [0.2, 0.25) is 0 Å². The number of benzene rings is 2. The van der Waals surface area contributed by atoms with Crippen molar-refractivity contribution in [3.05, 3.63) is 56.8 Å². The normalized spacial score (nSPS) is 12.5. The highest BCUT2D eigenvalue weighted by Crippen LogP contribution is 2.39. The van der Waals surface area contributed by atoms with Gasteiger partial charge in [-0.05, 0) is 43.3 Å². The molecule has 0 aromatic heterocycles. The molecule has 0 saturated carbocycles. The Bertz CT molecular complexity index is 635. The van der Waals surface area contributed by atoms with Crippen LogP contribution in [0.1, 0.15) is 25.5 Å². The Hall–Kier alpha value is -0.800. The average Bonchev–Trinajstić information content (AvgIpc) is 2.40. The lowest BCUT2D eigenvalue weighted by Crippen LogP contribution is -2.17. The van der Waals surface area contributed by atoms with E-state index in [4.69, 9.17) is 34.8 Å². The maximum absolute atomic E-state index is 14.2. The van der Waals surface area contributed by atoms with Crippen molar-refractivity contribution in [1.29, 1.82) is 0 Å². The standard InChI is InChI=1S/C16H15Cl3FN/c1-3-21-9(2)10-4-5-15(20)12(6-10)16-13(18)7-11(17)8-14(16)19/h4-9,21H,3H2,1-2H3. The van der Waals surface area contributed by atoms with E-state index in [1.807, 2.05) is 13.8 Å². The molecule has 1 nitrogen and oxygen atoms in total. The third-order valence-electron chi connectivity index (χ3n) is 3.28. The Morgan fingerprint density at radius 1 is 1.10 bits per heavy atom. The third-order valence-corrected chi connectivity index (χ3v) is 4.09. The highest BCUT2D eigenvalue weighted by molar-refractivity contribution is 6.41. The number of hydrogen-bond donors (Lipinski definition) is 1. The lowest BCUT2D eigenvalue weighted by molar-refractivity contribution is 0.593. The number of hydrogen-bond acceptors (Lipinski definition) is 1. The predicted octanol–water partition coefficient (Wildman–Crippen LogP) is 6.12. The second kappa shape index (κ2) is 6.97. The maximum atomic E-state index is 14.2. The van der Waals surface area contributed by atoms with Crippen molar-refractivity contribution in [3.63, 3.8) is 0 Å². The Balaban J connectivity index is 2.56. The summed E-state index contributed by atoms with van der Waals surface area (Å²) in [6.45, 7) is 4.87. The van der Waals surface area contributed by atoms with Crippen LogP contribution in [0.25, 0.3) is 11.1 Å². The van der Waals surface area contributed by atoms with Crippen molar-refractivity contribution in [2.45, 2.75) is 19.9 Å². The molecular weight excluding hydrogens is 332 g/mol. The Morgan fingerprint density at radius 3 is 2.29 bits per heavy atom. The van der Waals surface area contributed by atoms with Crippen molar-refractivity contribution in [1.82, 2.24) is 5.32 Å². The van der Waals surface area contributed by atoms with Gasteiger partial charge in [-0.2, -0.15) is 0 Å². The zero-order chi connectivity index (χ0) is 15.6. The van der Waals surface area contributed by atoms with Crippen LogP contribution in [0.5, 0.6) is 0 Å². The van der Waals surface area contributed by atoms with Crippen LogP contribution in [0, 0.1) is 5.82 Å². The molecule has 1 unspecified atom stereocenters. The monoisotopic (exact) mass is 345 g/mol. The van der Waals surface area contributed by atoms with Gasteiger partial charge in [-0.1, -0.05) is 47.8 Å². The third kappa shape index (κ3) is 3.70. The molecule has 0 aliphatic heterocycles. The summed E-state index contributed by atoms with van der Waals surface area (Å²) in [6, 6.07) is 8.18. The summed E-state index contributed by atoms with van der Waals surface area (Å²) in [7, 11) is 0. The summed E-state index contributed by atoms with van der Waals surface area (Å²) in [5.74, 6) is -0.367. The summed E-state index contributed by atoms with van der Waals surface area (Å²) >= 11 is 18.3. The zero-order valence-electron chi connectivity index (χ0n) is 11.7. The topological polar surface area (TPSA) is 12.0 Å². The molecule has 5 heteroatoms. The molecule has 0 amide bonds. The van der Waals surface area contributed by atoms with E-state index in [1.54, 1.807) is 24.3 Å². The molecule has 0 bridgehead atoms. The van der Waals surface area contributed by atoms with E-state index >= 15 is 0 Å². The molecule has 0 fully saturated rings. The Kier molecular flexibility index (Phi) is 5.50. The van der Waals surface area contributed by atoms with Crippen molar-refractivity contribution >= 4 is 34.8 Å². The maximum Gasteiger partial charge on any atom is 0.131 e. The van der Waals surface area contributed by atoms with Gasteiger partial charge < -0.3 is 5.32 Å². The van der Waals surface area contributed by atoms with Gasteiger partial charge >= 0.3 is 0 Å². The summed E-state index contributed by atoms with van der Waals surface area (Å²) in [6.07, 6.45) is 0. The lowest BCUT2D eigenvalue weighted by Gasteiger charge is -2.16. The van der Waals surface area contributed by atoms with Gasteiger partial charge in [-0.3, -0.25) is 0 Å². The minimum absolute atomic E-state index is 0.110. The predicted molar refractivity (Wildman–Crippen MR) is 89.0 cm³/mol. The first-order valence-electron chi connectivity index (χ1n) is 6.61. The van der Waals surface area contributed by atoms with Crippen LogP contribution in [0.2, 0.25) is 15.1 Å². The Morgan fingerprint density at radius 2 is 1.71 bits per heavy atom. The van der Waals surface area contributed by atoms with Crippen molar-refractivity contribution in [3.8, 4) is 11.1 Å². The number of nitrogens with one attached hydrogen (secondary N) is 1. The molecule has 0 aliphatic carbocycles. The Labute approximate surface area is 139 Å². The summed E-state index contributed by atoms with van der Waals surface area (Å²) in [4.78, 5) is 0. The van der Waals surface area contributed by atoms with Crippen LogP contribution in [-0.4, -0.2) is 6.54 Å². The van der Waals surface area contributed by atoms with Gasteiger partial charge in [0.15, 0.2) is 0 Å². The van der Waals surface area contributed by atoms with E-state index in [2.05, 4.69) is 5.32 Å². The average molecular weight is 347 g/mol. The summed E-state index contributed by atoms with van der Waals surface area (Å²) in [5.41, 5.74) is 1.81. The van der Waals surface area contributed by atoms with E-state index < -0.39 is 0 Å². The highest BCUT2D eigenvalue weighted by Gasteiger charge is 2.16. The molecule has 2 rings (SSSR count). The molecule has 0 radical (unpaired) electrons. The minimum atomic E-state index is -0.367. The van der Waals surface area contributed by atoms with Crippen LogP contribution < -0.4 is 5.32 Å². The first-order chi connectivity index (χ1) is 9.93. The van der Waals surface area contributed by atoms with Crippen LogP contribution in [0.3, 0.4) is 0 Å². The lowest BCUT2D eigenvalue weighted by atomic mass is 9.99. The van der Waals surface area contributed by atoms with Crippen LogP contribution >= 0.6 is 34.8 Å². The molecule has 0 spiro atoms. The smallest absolute Gasteiger partial charge is 0.131 e. The fourth-order valence-corrected chi connectivity index (χ4v) is 3.25. The molecular formula is C16H15Cl3FN. The van der Waals surface area contributed by atoms with Crippen molar-refractivity contribution < 1.29 is 4.39 Å². The SMILES string of the molecule is CCNC(C)c1ccc(F)c(-c2c(Cl)cc(Cl)cc2Cl)c1. The number of rotatable bonds is 4. The molecule has 0 aliphatic rings. The van der Waals surface area contributed by atoms with Gasteiger partial charge in [-0.15, -0.1) is 0 Å². The number of halogens is 4. The molecule has 112 valence electrons. The van der Waals surface area contributed by atoms with Crippen molar-refractivity contribution in [2.24, 2.45) is 0 Å². The fraction of sp³-hybridized carbons (Fsp3) is 0.250. The molecule has 1 N–H and O–H groups in total. The fourth-order valence-electron chi connectivity index (χ4n) is 2.23. The first-order valence-corrected chi connectivity index (χ1v) is 7.75. The second-order valence-corrected chi connectivity index (χ2v) is 6.01. The van der Waals surface area contributed by atoms with E-state index in [9.17, 15) is 4.39 Å². The van der Waals surface area contributed by atoms with E-state index in [0.29, 0.717) is 26.2 Å². The van der Waals surface area contributed by atoms with E-state index in [0.717, 1.165) is 12.1 Å². The van der Waals surface area contributed by atoms with Crippen LogP contribution in [0.4, 0.5) is 4.39 Å². The second-order valence-electron chi connectivity index (χ2n) is 4.76. The van der Waals surface area contributed by atoms with Gasteiger partial charge in [-0.25, -0.2) is 4.39 Å². The van der Waals surface area contributed by atoms with Gasteiger partial charge in [0.05, 0.1) is 10.0 Å². The molecule has 2 aromatic carbocycles. The quantitative estimate of drug-likeness (QED) is 0.703. The summed E-state index contributed by atoms with van der Waals surface area (Å²) < 4.78 is 14.2.